The summed E-state index contributed by atoms with van der Waals surface area (Å²) < 4.78 is 26.3. The van der Waals surface area contributed by atoms with Crippen LogP contribution in [0.1, 0.15) is 16.2 Å². The molecule has 0 aliphatic carbocycles. The van der Waals surface area contributed by atoms with E-state index in [4.69, 9.17) is 5.11 Å². The Bertz CT molecular complexity index is 697. The number of hydrogen-bond acceptors (Lipinski definition) is 5. The second kappa shape index (κ2) is 5.80. The quantitative estimate of drug-likeness (QED) is 0.690. The molecule has 2 aromatic rings. The molecule has 1 heterocycles. The number of carbonyl (C=O) groups is 1. The van der Waals surface area contributed by atoms with Gasteiger partial charge in [0.05, 0.1) is 10.5 Å². The fourth-order valence-corrected chi connectivity index (χ4v) is 2.61. The first-order chi connectivity index (χ1) is 9.49. The van der Waals surface area contributed by atoms with E-state index < -0.39 is 16.0 Å². The van der Waals surface area contributed by atoms with E-state index in [-0.39, 0.29) is 17.0 Å². The SMILES string of the molecule is O=C(O)c1cccc(S(=O)(=O)NCCc2ncn[nH]2)c1. The number of nitrogens with one attached hydrogen (secondary N) is 2. The van der Waals surface area contributed by atoms with E-state index in [1.165, 1.54) is 24.5 Å². The zero-order valence-electron chi connectivity index (χ0n) is 10.3. The van der Waals surface area contributed by atoms with Gasteiger partial charge in [-0.05, 0) is 18.2 Å². The summed E-state index contributed by atoms with van der Waals surface area (Å²) in [7, 11) is -3.74. The molecule has 8 nitrogen and oxygen atoms in total. The molecule has 0 radical (unpaired) electrons. The van der Waals surface area contributed by atoms with Crippen molar-refractivity contribution in [3.8, 4) is 0 Å². The Balaban J connectivity index is 2.06. The molecule has 9 heteroatoms. The van der Waals surface area contributed by atoms with Gasteiger partial charge in [-0.1, -0.05) is 6.07 Å². The standard InChI is InChI=1S/C11H12N4O4S/c16-11(17)8-2-1-3-9(6-8)20(18,19)14-5-4-10-12-7-13-15-10/h1-3,6-7,14H,4-5H2,(H,16,17)(H,12,13,15). The van der Waals surface area contributed by atoms with E-state index in [1.54, 1.807) is 0 Å². The summed E-state index contributed by atoms with van der Waals surface area (Å²) in [5.41, 5.74) is -0.0805. The zero-order valence-corrected chi connectivity index (χ0v) is 11.1. The highest BCUT2D eigenvalue weighted by Crippen LogP contribution is 2.11. The fourth-order valence-electron chi connectivity index (χ4n) is 1.53. The van der Waals surface area contributed by atoms with Crippen molar-refractivity contribution < 1.29 is 18.3 Å². The molecule has 0 amide bonds. The number of aromatic carboxylic acids is 1. The highest BCUT2D eigenvalue weighted by atomic mass is 32.2. The maximum Gasteiger partial charge on any atom is 0.335 e. The normalized spacial score (nSPS) is 11.4. The molecule has 106 valence electrons. The van der Waals surface area contributed by atoms with Gasteiger partial charge in [0.15, 0.2) is 0 Å². The fraction of sp³-hybridized carbons (Fsp3) is 0.182. The number of rotatable bonds is 6. The Morgan fingerprint density at radius 1 is 1.40 bits per heavy atom. The van der Waals surface area contributed by atoms with Gasteiger partial charge in [-0.25, -0.2) is 22.9 Å². The molecule has 0 spiro atoms. The summed E-state index contributed by atoms with van der Waals surface area (Å²) in [4.78, 5) is 14.6. The van der Waals surface area contributed by atoms with Crippen molar-refractivity contribution in [3.63, 3.8) is 0 Å². The summed E-state index contributed by atoms with van der Waals surface area (Å²) in [6.45, 7) is 0.134. The predicted octanol–water partition coefficient (Wildman–Crippen LogP) is 0.0239. The molecular formula is C11H12N4O4S. The van der Waals surface area contributed by atoms with Crippen molar-refractivity contribution >= 4 is 16.0 Å². The molecule has 0 saturated heterocycles. The third-order valence-electron chi connectivity index (χ3n) is 2.51. The molecule has 0 atom stereocenters. The van der Waals surface area contributed by atoms with Gasteiger partial charge in [0.2, 0.25) is 10.0 Å². The molecule has 0 unspecified atom stereocenters. The third-order valence-corrected chi connectivity index (χ3v) is 3.97. The molecule has 0 fully saturated rings. The maximum atomic E-state index is 12.0. The third kappa shape index (κ3) is 3.39. The highest BCUT2D eigenvalue weighted by molar-refractivity contribution is 7.89. The average molecular weight is 296 g/mol. The second-order valence-corrected chi connectivity index (χ2v) is 5.68. The van der Waals surface area contributed by atoms with E-state index in [2.05, 4.69) is 19.9 Å². The van der Waals surface area contributed by atoms with E-state index in [0.717, 1.165) is 6.07 Å². The first kappa shape index (κ1) is 14.2. The lowest BCUT2D eigenvalue weighted by atomic mass is 10.2. The number of benzene rings is 1. The zero-order chi connectivity index (χ0) is 14.6. The molecule has 20 heavy (non-hydrogen) atoms. The lowest BCUT2D eigenvalue weighted by molar-refractivity contribution is 0.0696. The van der Waals surface area contributed by atoms with Crippen molar-refractivity contribution in [2.75, 3.05) is 6.54 Å². The molecule has 0 aliphatic heterocycles. The largest absolute Gasteiger partial charge is 0.478 e. The Morgan fingerprint density at radius 2 is 2.20 bits per heavy atom. The van der Waals surface area contributed by atoms with Crippen LogP contribution in [-0.2, 0) is 16.4 Å². The molecular weight excluding hydrogens is 284 g/mol. The Kier molecular flexibility index (Phi) is 4.11. The number of hydrogen-bond donors (Lipinski definition) is 3. The van der Waals surface area contributed by atoms with Crippen LogP contribution in [0.4, 0.5) is 0 Å². The molecule has 3 N–H and O–H groups in total. The van der Waals surface area contributed by atoms with Crippen LogP contribution in [0.3, 0.4) is 0 Å². The number of H-pyrrole nitrogens is 1. The first-order valence-corrected chi connectivity index (χ1v) is 7.14. The molecule has 1 aromatic heterocycles. The first-order valence-electron chi connectivity index (χ1n) is 5.66. The van der Waals surface area contributed by atoms with Gasteiger partial charge in [-0.15, -0.1) is 0 Å². The van der Waals surface area contributed by atoms with Crippen molar-refractivity contribution in [2.45, 2.75) is 11.3 Å². The lowest BCUT2D eigenvalue weighted by Crippen LogP contribution is -2.26. The Morgan fingerprint density at radius 3 is 2.85 bits per heavy atom. The van der Waals surface area contributed by atoms with Crippen LogP contribution in [-0.4, -0.2) is 41.2 Å². The van der Waals surface area contributed by atoms with Crippen LogP contribution < -0.4 is 4.72 Å². The molecule has 0 aliphatic rings. The number of carboxylic acid groups (broad SMARTS) is 1. The number of nitrogens with zero attached hydrogens (tertiary/aromatic N) is 2. The van der Waals surface area contributed by atoms with Crippen LogP contribution in [0.5, 0.6) is 0 Å². The van der Waals surface area contributed by atoms with Gasteiger partial charge < -0.3 is 5.11 Å². The van der Waals surface area contributed by atoms with E-state index in [0.29, 0.717) is 12.2 Å². The highest BCUT2D eigenvalue weighted by Gasteiger charge is 2.15. The van der Waals surface area contributed by atoms with Crippen molar-refractivity contribution in [1.82, 2.24) is 19.9 Å². The maximum absolute atomic E-state index is 12.0. The van der Waals surface area contributed by atoms with Gasteiger partial charge in [-0.2, -0.15) is 5.10 Å². The molecule has 1 aromatic carbocycles. The van der Waals surface area contributed by atoms with Crippen LogP contribution in [0, 0.1) is 0 Å². The van der Waals surface area contributed by atoms with Crippen molar-refractivity contribution in [3.05, 3.63) is 42.0 Å². The van der Waals surface area contributed by atoms with Crippen LogP contribution in [0.25, 0.3) is 0 Å². The summed E-state index contributed by atoms with van der Waals surface area (Å²) >= 11 is 0. The lowest BCUT2D eigenvalue weighted by Gasteiger charge is -2.06. The molecule has 0 saturated carbocycles. The van der Waals surface area contributed by atoms with Crippen LogP contribution in [0.2, 0.25) is 0 Å². The second-order valence-electron chi connectivity index (χ2n) is 3.91. The Labute approximate surface area is 114 Å². The van der Waals surface area contributed by atoms with Crippen LogP contribution >= 0.6 is 0 Å². The number of sulfonamides is 1. The average Bonchev–Trinajstić information content (AvgIpc) is 2.92. The number of carboxylic acids is 1. The van der Waals surface area contributed by atoms with Gasteiger partial charge in [0.25, 0.3) is 0 Å². The van der Waals surface area contributed by atoms with Crippen molar-refractivity contribution in [1.29, 1.82) is 0 Å². The van der Waals surface area contributed by atoms with E-state index in [1.807, 2.05) is 0 Å². The predicted molar refractivity (Wildman–Crippen MR) is 68.7 cm³/mol. The molecule has 0 bridgehead atoms. The topological polar surface area (TPSA) is 125 Å². The van der Waals surface area contributed by atoms with Gasteiger partial charge in [-0.3, -0.25) is 5.10 Å². The minimum absolute atomic E-state index is 0.0805. The molecule has 2 rings (SSSR count). The minimum Gasteiger partial charge on any atom is -0.478 e. The van der Waals surface area contributed by atoms with Crippen LogP contribution in [0.15, 0.2) is 35.5 Å². The summed E-state index contributed by atoms with van der Waals surface area (Å²) in [5, 5.41) is 15.1. The van der Waals surface area contributed by atoms with Gasteiger partial charge in [0, 0.05) is 13.0 Å². The smallest absolute Gasteiger partial charge is 0.335 e. The van der Waals surface area contributed by atoms with Gasteiger partial charge >= 0.3 is 5.97 Å². The monoisotopic (exact) mass is 296 g/mol. The van der Waals surface area contributed by atoms with E-state index in [9.17, 15) is 13.2 Å². The summed E-state index contributed by atoms with van der Waals surface area (Å²) in [5.74, 6) is -0.615. The van der Waals surface area contributed by atoms with Gasteiger partial charge in [0.1, 0.15) is 12.2 Å². The van der Waals surface area contributed by atoms with Crippen molar-refractivity contribution in [2.24, 2.45) is 0 Å². The summed E-state index contributed by atoms with van der Waals surface area (Å²) in [6.07, 6.45) is 1.69. The van der Waals surface area contributed by atoms with E-state index >= 15 is 0 Å². The minimum atomic E-state index is -3.74. The number of aromatic nitrogens is 3. The number of aromatic amines is 1. The Hall–Kier alpha value is -2.26. The summed E-state index contributed by atoms with van der Waals surface area (Å²) in [6, 6.07) is 5.16.